The third-order valence-corrected chi connectivity index (χ3v) is 6.63. The molecule has 0 unspecified atom stereocenters. The number of nitrogens with zero attached hydrogens (tertiary/aromatic N) is 1. The maximum Gasteiger partial charge on any atom is 0.264 e. The molecule has 0 aliphatic rings. The lowest BCUT2D eigenvalue weighted by molar-refractivity contribution is -0.114. The number of carbonyl (C=O) groups is 1. The highest BCUT2D eigenvalue weighted by Crippen LogP contribution is 2.26. The summed E-state index contributed by atoms with van der Waals surface area (Å²) in [6.07, 6.45) is 1.92. The molecular weight excluding hydrogens is 392 g/mol. The molecule has 144 valence electrons. The molecule has 28 heavy (non-hydrogen) atoms. The van der Waals surface area contributed by atoms with Crippen molar-refractivity contribution < 1.29 is 13.2 Å². The molecule has 0 radical (unpaired) electrons. The van der Waals surface area contributed by atoms with Gasteiger partial charge in [-0.2, -0.15) is 0 Å². The van der Waals surface area contributed by atoms with Gasteiger partial charge in [0.15, 0.2) is 0 Å². The molecule has 0 saturated heterocycles. The van der Waals surface area contributed by atoms with Gasteiger partial charge in [-0.15, -0.1) is 11.8 Å². The van der Waals surface area contributed by atoms with E-state index in [1.165, 1.54) is 23.9 Å². The highest BCUT2D eigenvalue weighted by atomic mass is 32.2. The fourth-order valence-corrected chi connectivity index (χ4v) is 4.69. The molecule has 7 heteroatoms. The molecule has 0 heterocycles. The van der Waals surface area contributed by atoms with Crippen molar-refractivity contribution in [2.75, 3.05) is 22.4 Å². The molecule has 3 rings (SSSR count). The van der Waals surface area contributed by atoms with E-state index in [9.17, 15) is 13.2 Å². The van der Waals surface area contributed by atoms with Crippen LogP contribution in [0.2, 0.25) is 0 Å². The Morgan fingerprint density at radius 2 is 1.46 bits per heavy atom. The van der Waals surface area contributed by atoms with Crippen molar-refractivity contribution in [3.8, 4) is 0 Å². The molecule has 0 saturated carbocycles. The summed E-state index contributed by atoms with van der Waals surface area (Å²) < 4.78 is 27.5. The Balaban J connectivity index is 1.91. The lowest BCUT2D eigenvalue weighted by Gasteiger charge is -2.24. The molecule has 0 aromatic heterocycles. The number of sulfonamides is 1. The zero-order chi connectivity index (χ0) is 20.0. The quantitative estimate of drug-likeness (QED) is 0.590. The summed E-state index contributed by atoms with van der Waals surface area (Å²) in [7, 11) is -3.89. The Labute approximate surface area is 169 Å². The number of carbonyl (C=O) groups excluding carboxylic acids is 1. The minimum absolute atomic E-state index is 0.135. The van der Waals surface area contributed by atoms with Crippen LogP contribution < -0.4 is 9.62 Å². The molecule has 0 aliphatic carbocycles. The maximum atomic E-state index is 13.2. The number of anilines is 2. The fraction of sp³-hybridized carbons (Fsp3) is 0.0952. The fourth-order valence-electron chi connectivity index (χ4n) is 2.70. The molecule has 3 aromatic carbocycles. The highest BCUT2D eigenvalue weighted by Gasteiger charge is 2.27. The molecule has 0 spiro atoms. The van der Waals surface area contributed by atoms with E-state index in [2.05, 4.69) is 5.32 Å². The maximum absolute atomic E-state index is 13.2. The first-order valence-corrected chi connectivity index (χ1v) is 11.2. The summed E-state index contributed by atoms with van der Waals surface area (Å²) in [6, 6.07) is 24.1. The van der Waals surface area contributed by atoms with Crippen molar-refractivity contribution >= 4 is 39.1 Å². The molecule has 0 aliphatic heterocycles. The molecule has 0 bridgehead atoms. The van der Waals surface area contributed by atoms with Gasteiger partial charge in [-0.25, -0.2) is 8.42 Å². The van der Waals surface area contributed by atoms with Crippen molar-refractivity contribution in [1.29, 1.82) is 0 Å². The number of nitrogens with one attached hydrogen (secondary N) is 1. The predicted octanol–water partition coefficient (Wildman–Crippen LogP) is 4.24. The van der Waals surface area contributed by atoms with Crippen LogP contribution in [-0.2, 0) is 14.8 Å². The Kier molecular flexibility index (Phi) is 6.38. The standard InChI is InChI=1S/C21H20N2O3S2/c1-27-20-15-9-8-14-19(20)22-21(24)16-23(17-10-4-2-5-11-17)28(25,26)18-12-6-3-7-13-18/h2-15H,16H2,1H3,(H,22,24). The van der Waals surface area contributed by atoms with Crippen LogP contribution in [0.4, 0.5) is 11.4 Å². The first kappa shape index (κ1) is 20.0. The number of benzene rings is 3. The zero-order valence-electron chi connectivity index (χ0n) is 15.3. The van der Waals surface area contributed by atoms with Crippen LogP contribution in [0.3, 0.4) is 0 Å². The summed E-state index contributed by atoms with van der Waals surface area (Å²) in [5.74, 6) is -0.412. The number of hydrogen-bond acceptors (Lipinski definition) is 4. The van der Waals surface area contributed by atoms with Crippen molar-refractivity contribution in [2.24, 2.45) is 0 Å². The molecule has 5 nitrogen and oxygen atoms in total. The van der Waals surface area contributed by atoms with Crippen LogP contribution in [0, 0.1) is 0 Å². The second kappa shape index (κ2) is 8.95. The first-order valence-electron chi connectivity index (χ1n) is 8.58. The van der Waals surface area contributed by atoms with Crippen LogP contribution in [0.1, 0.15) is 0 Å². The predicted molar refractivity (Wildman–Crippen MR) is 114 cm³/mol. The van der Waals surface area contributed by atoms with E-state index >= 15 is 0 Å². The van der Waals surface area contributed by atoms with Crippen LogP contribution in [0.15, 0.2) is 94.7 Å². The Hall–Kier alpha value is -2.77. The topological polar surface area (TPSA) is 66.5 Å². The van der Waals surface area contributed by atoms with Crippen molar-refractivity contribution in [3.05, 3.63) is 84.9 Å². The third-order valence-electron chi connectivity index (χ3n) is 4.04. The van der Waals surface area contributed by atoms with Crippen LogP contribution >= 0.6 is 11.8 Å². The number of para-hydroxylation sites is 2. The summed E-state index contributed by atoms with van der Waals surface area (Å²) in [6.45, 7) is -0.329. The summed E-state index contributed by atoms with van der Waals surface area (Å²) in [5.41, 5.74) is 1.09. The molecule has 3 aromatic rings. The molecule has 1 amide bonds. The van der Waals surface area contributed by atoms with Crippen LogP contribution in [0.25, 0.3) is 0 Å². The monoisotopic (exact) mass is 412 g/mol. The number of rotatable bonds is 7. The van der Waals surface area contributed by atoms with E-state index in [0.717, 1.165) is 9.20 Å². The molecule has 0 fully saturated rings. The van der Waals surface area contributed by atoms with E-state index in [0.29, 0.717) is 11.4 Å². The Morgan fingerprint density at radius 1 is 0.893 bits per heavy atom. The van der Waals surface area contributed by atoms with Crippen molar-refractivity contribution in [3.63, 3.8) is 0 Å². The summed E-state index contributed by atoms with van der Waals surface area (Å²) in [4.78, 5) is 13.8. The zero-order valence-corrected chi connectivity index (χ0v) is 16.9. The minimum Gasteiger partial charge on any atom is -0.323 e. The second-order valence-corrected chi connectivity index (χ2v) is 8.62. The Morgan fingerprint density at radius 3 is 2.11 bits per heavy atom. The minimum atomic E-state index is -3.89. The van der Waals surface area contributed by atoms with Gasteiger partial charge < -0.3 is 5.32 Å². The summed E-state index contributed by atoms with van der Waals surface area (Å²) >= 11 is 1.51. The lowest BCUT2D eigenvalue weighted by atomic mass is 10.3. The first-order chi connectivity index (χ1) is 13.5. The lowest BCUT2D eigenvalue weighted by Crippen LogP contribution is -2.38. The Bertz CT molecular complexity index is 1040. The van der Waals surface area contributed by atoms with Gasteiger partial charge >= 0.3 is 0 Å². The second-order valence-electron chi connectivity index (χ2n) is 5.91. The summed E-state index contributed by atoms with van der Waals surface area (Å²) in [5, 5.41) is 2.82. The van der Waals surface area contributed by atoms with E-state index in [4.69, 9.17) is 0 Å². The van der Waals surface area contributed by atoms with Crippen LogP contribution in [0.5, 0.6) is 0 Å². The largest absolute Gasteiger partial charge is 0.323 e. The van der Waals surface area contributed by atoms with Gasteiger partial charge in [0.2, 0.25) is 5.91 Å². The van der Waals surface area contributed by atoms with Gasteiger partial charge in [0.25, 0.3) is 10.0 Å². The number of amides is 1. The average molecular weight is 413 g/mol. The van der Waals surface area contributed by atoms with E-state index < -0.39 is 15.9 Å². The van der Waals surface area contributed by atoms with E-state index in [-0.39, 0.29) is 11.4 Å². The molecule has 1 N–H and O–H groups in total. The average Bonchev–Trinajstić information content (AvgIpc) is 2.73. The van der Waals surface area contributed by atoms with Gasteiger partial charge in [0.05, 0.1) is 16.3 Å². The molecular formula is C21H20N2O3S2. The number of thioether (sulfide) groups is 1. The SMILES string of the molecule is CSc1ccccc1NC(=O)CN(c1ccccc1)S(=O)(=O)c1ccccc1. The van der Waals surface area contributed by atoms with Gasteiger partial charge in [0, 0.05) is 4.90 Å². The van der Waals surface area contributed by atoms with Gasteiger partial charge in [-0.1, -0.05) is 48.5 Å². The number of hydrogen-bond donors (Lipinski definition) is 1. The highest BCUT2D eigenvalue weighted by molar-refractivity contribution is 7.98. The van der Waals surface area contributed by atoms with Gasteiger partial charge in [0.1, 0.15) is 6.54 Å². The third kappa shape index (κ3) is 4.55. The van der Waals surface area contributed by atoms with Crippen molar-refractivity contribution in [2.45, 2.75) is 9.79 Å². The normalized spacial score (nSPS) is 11.0. The van der Waals surface area contributed by atoms with Gasteiger partial charge in [-0.3, -0.25) is 9.10 Å². The van der Waals surface area contributed by atoms with E-state index in [1.54, 1.807) is 54.6 Å². The molecule has 0 atom stereocenters. The van der Waals surface area contributed by atoms with Crippen molar-refractivity contribution in [1.82, 2.24) is 0 Å². The van der Waals surface area contributed by atoms with Gasteiger partial charge in [-0.05, 0) is 42.7 Å². The van der Waals surface area contributed by atoms with Crippen LogP contribution in [-0.4, -0.2) is 27.1 Å². The smallest absolute Gasteiger partial charge is 0.264 e. The van der Waals surface area contributed by atoms with E-state index in [1.807, 2.05) is 24.5 Å².